The molecule has 0 radical (unpaired) electrons. The van der Waals surface area contributed by atoms with Crippen molar-refractivity contribution < 1.29 is 13.6 Å². The fraction of sp³-hybridized carbons (Fsp3) is 0.385. The summed E-state index contributed by atoms with van der Waals surface area (Å²) in [6.07, 6.45) is 3.46. The van der Waals surface area contributed by atoms with Crippen molar-refractivity contribution in [2.24, 2.45) is 5.10 Å². The topological polar surface area (TPSA) is 97.4 Å². The van der Waals surface area contributed by atoms with Gasteiger partial charge in [-0.1, -0.05) is 30.3 Å². The molecule has 10 heteroatoms. The van der Waals surface area contributed by atoms with Gasteiger partial charge in [-0.2, -0.15) is 10.2 Å². The van der Waals surface area contributed by atoms with E-state index in [1.54, 1.807) is 0 Å². The Morgan fingerprint density at radius 3 is 2.72 bits per heavy atom. The minimum Gasteiger partial charge on any atom is -0.293 e. The van der Waals surface area contributed by atoms with Crippen LogP contribution >= 0.6 is 0 Å². The molecule has 0 aliphatic carbocycles. The number of likely N-dealkylation sites (tertiary alicyclic amines) is 1. The van der Waals surface area contributed by atoms with E-state index < -0.39 is 17.2 Å². The van der Waals surface area contributed by atoms with Crippen LogP contribution in [0.1, 0.15) is 62.0 Å². The molecule has 188 valence electrons. The molecule has 1 aromatic heterocycles. The van der Waals surface area contributed by atoms with Crippen LogP contribution in [-0.4, -0.2) is 49.8 Å². The van der Waals surface area contributed by atoms with Gasteiger partial charge in [-0.05, 0) is 62.5 Å². The number of carbonyl (C=O) groups is 1. The average Bonchev–Trinajstić information content (AvgIpc) is 3.60. The lowest BCUT2D eigenvalue weighted by Crippen LogP contribution is -2.43. The Kier molecular flexibility index (Phi) is 6.53. The second kappa shape index (κ2) is 9.77. The van der Waals surface area contributed by atoms with Gasteiger partial charge in [-0.15, -0.1) is 0 Å². The number of benzene rings is 2. The number of hydrazone groups is 1. The summed E-state index contributed by atoms with van der Waals surface area (Å²) in [4.78, 5) is 29.4. The number of aromatic nitrogens is 3. The van der Waals surface area contributed by atoms with E-state index in [2.05, 4.69) is 25.2 Å². The molecule has 2 aromatic carbocycles. The van der Waals surface area contributed by atoms with Crippen molar-refractivity contribution in [1.29, 1.82) is 0 Å². The highest BCUT2D eigenvalue weighted by Gasteiger charge is 2.46. The van der Waals surface area contributed by atoms with Crippen LogP contribution < -0.4 is 5.69 Å². The lowest BCUT2D eigenvalue weighted by atomic mass is 9.80. The van der Waals surface area contributed by atoms with E-state index in [1.807, 2.05) is 30.3 Å². The standard InChI is InChI=1S/C26H28F2N6O2/c1-17(35)34-26(18-7-3-2-4-8-18,16-22(32-34)20-15-19(27)10-11-21(20)28)12-6-14-33-13-5-9-23(33)24-29-25(36)31-30-24/h2-4,7-8,10-11,15,23H,5-6,9,12-14,16H2,1H3,(H2,29,30,31,36)/t23?,26-/m0/s1. The molecule has 0 bridgehead atoms. The lowest BCUT2D eigenvalue weighted by Gasteiger charge is -2.37. The summed E-state index contributed by atoms with van der Waals surface area (Å²) in [6, 6.07) is 12.9. The number of aromatic amines is 2. The van der Waals surface area contributed by atoms with E-state index in [1.165, 1.54) is 11.9 Å². The molecule has 3 heterocycles. The molecule has 3 aromatic rings. The largest absolute Gasteiger partial charge is 0.340 e. The van der Waals surface area contributed by atoms with Crippen LogP contribution in [0.4, 0.5) is 8.78 Å². The summed E-state index contributed by atoms with van der Waals surface area (Å²) in [6.45, 7) is 3.05. The fourth-order valence-corrected chi connectivity index (χ4v) is 5.57. The third-order valence-electron chi connectivity index (χ3n) is 7.17. The molecule has 0 saturated carbocycles. The summed E-state index contributed by atoms with van der Waals surface area (Å²) in [5.74, 6) is -0.764. The number of halogens is 2. The second-order valence-electron chi connectivity index (χ2n) is 9.44. The predicted octanol–water partition coefficient (Wildman–Crippen LogP) is 3.85. The fourth-order valence-electron chi connectivity index (χ4n) is 5.57. The average molecular weight is 495 g/mol. The molecule has 8 nitrogen and oxygen atoms in total. The van der Waals surface area contributed by atoms with Crippen molar-refractivity contribution in [1.82, 2.24) is 25.1 Å². The summed E-state index contributed by atoms with van der Waals surface area (Å²) in [7, 11) is 0. The Balaban J connectivity index is 1.43. The Hall–Kier alpha value is -3.66. The quantitative estimate of drug-likeness (QED) is 0.522. The van der Waals surface area contributed by atoms with E-state index >= 15 is 0 Å². The first-order valence-electron chi connectivity index (χ1n) is 12.2. The number of rotatable bonds is 7. The third-order valence-corrected chi connectivity index (χ3v) is 7.17. The van der Waals surface area contributed by atoms with Crippen LogP contribution in [0.3, 0.4) is 0 Å². The van der Waals surface area contributed by atoms with Gasteiger partial charge in [0.2, 0.25) is 5.91 Å². The van der Waals surface area contributed by atoms with Crippen LogP contribution in [0.5, 0.6) is 0 Å². The summed E-state index contributed by atoms with van der Waals surface area (Å²) in [5, 5.41) is 12.5. The first kappa shape index (κ1) is 24.1. The van der Waals surface area contributed by atoms with E-state index in [9.17, 15) is 18.4 Å². The minimum atomic E-state index is -0.822. The highest BCUT2D eigenvalue weighted by Crippen LogP contribution is 2.43. The molecule has 0 spiro atoms. The van der Waals surface area contributed by atoms with Gasteiger partial charge in [-0.3, -0.25) is 14.7 Å². The first-order chi connectivity index (χ1) is 17.4. The molecule has 2 atom stereocenters. The van der Waals surface area contributed by atoms with Crippen LogP contribution in [-0.2, 0) is 10.3 Å². The van der Waals surface area contributed by atoms with E-state index in [4.69, 9.17) is 0 Å². The predicted molar refractivity (Wildman–Crippen MR) is 130 cm³/mol. The Morgan fingerprint density at radius 2 is 2.00 bits per heavy atom. The van der Waals surface area contributed by atoms with E-state index in [-0.39, 0.29) is 29.6 Å². The zero-order valence-corrected chi connectivity index (χ0v) is 20.0. The smallest absolute Gasteiger partial charge is 0.293 e. The normalized spacial score (nSPS) is 22.2. The molecule has 36 heavy (non-hydrogen) atoms. The number of nitrogens with zero attached hydrogens (tertiary/aromatic N) is 4. The summed E-state index contributed by atoms with van der Waals surface area (Å²) < 4.78 is 28.7. The Morgan fingerprint density at radius 1 is 1.19 bits per heavy atom. The van der Waals surface area contributed by atoms with Gasteiger partial charge in [-0.25, -0.2) is 23.7 Å². The molecule has 5 rings (SSSR count). The number of amides is 1. The van der Waals surface area contributed by atoms with Gasteiger partial charge in [0.15, 0.2) is 0 Å². The minimum absolute atomic E-state index is 0.0253. The number of hydrogen-bond donors (Lipinski definition) is 2. The number of nitrogens with one attached hydrogen (secondary N) is 2. The number of carbonyl (C=O) groups excluding carboxylic acids is 1. The van der Waals surface area contributed by atoms with Gasteiger partial charge in [0.05, 0.1) is 17.3 Å². The van der Waals surface area contributed by atoms with Gasteiger partial charge < -0.3 is 0 Å². The molecule has 2 N–H and O–H groups in total. The highest BCUT2D eigenvalue weighted by atomic mass is 19.1. The molecule has 1 fully saturated rings. The van der Waals surface area contributed by atoms with E-state index in [0.29, 0.717) is 18.0 Å². The van der Waals surface area contributed by atoms with Crippen molar-refractivity contribution in [3.8, 4) is 0 Å². The van der Waals surface area contributed by atoms with Crippen LogP contribution in [0, 0.1) is 11.6 Å². The first-order valence-corrected chi connectivity index (χ1v) is 12.2. The van der Waals surface area contributed by atoms with Crippen molar-refractivity contribution in [2.75, 3.05) is 13.1 Å². The van der Waals surface area contributed by atoms with Gasteiger partial charge in [0.25, 0.3) is 0 Å². The van der Waals surface area contributed by atoms with Crippen molar-refractivity contribution >= 4 is 11.6 Å². The summed E-state index contributed by atoms with van der Waals surface area (Å²) >= 11 is 0. The maximum atomic E-state index is 14.7. The second-order valence-corrected chi connectivity index (χ2v) is 9.44. The zero-order valence-electron chi connectivity index (χ0n) is 20.0. The van der Waals surface area contributed by atoms with Gasteiger partial charge in [0.1, 0.15) is 17.5 Å². The van der Waals surface area contributed by atoms with Crippen LogP contribution in [0.25, 0.3) is 0 Å². The van der Waals surface area contributed by atoms with Crippen LogP contribution in [0.2, 0.25) is 0 Å². The molecule has 2 aliphatic rings. The highest BCUT2D eigenvalue weighted by molar-refractivity contribution is 6.03. The maximum absolute atomic E-state index is 14.7. The maximum Gasteiger partial charge on any atom is 0.340 e. The van der Waals surface area contributed by atoms with Crippen molar-refractivity contribution in [3.63, 3.8) is 0 Å². The molecule has 1 saturated heterocycles. The number of H-pyrrole nitrogens is 2. The molecule has 2 aliphatic heterocycles. The summed E-state index contributed by atoms with van der Waals surface area (Å²) in [5.41, 5.74) is 0.166. The molecule has 1 unspecified atom stereocenters. The van der Waals surface area contributed by atoms with E-state index in [0.717, 1.165) is 56.1 Å². The molecular weight excluding hydrogens is 466 g/mol. The third kappa shape index (κ3) is 4.48. The van der Waals surface area contributed by atoms with Crippen molar-refractivity contribution in [3.05, 3.63) is 87.6 Å². The monoisotopic (exact) mass is 494 g/mol. The number of hydrogen-bond acceptors (Lipinski definition) is 5. The lowest BCUT2D eigenvalue weighted by molar-refractivity contribution is -0.135. The SMILES string of the molecule is CC(=O)N1N=C(c2cc(F)ccc2F)C[C@@]1(CCCN1CCCC1c1n[nH]c(=O)[nH]1)c1ccccc1. The zero-order chi connectivity index (χ0) is 25.3. The molecular formula is C26H28F2N6O2. The van der Waals surface area contributed by atoms with Gasteiger partial charge >= 0.3 is 5.69 Å². The van der Waals surface area contributed by atoms with Crippen molar-refractivity contribution in [2.45, 2.75) is 50.6 Å². The Labute approximate surface area is 207 Å². The Bertz CT molecular complexity index is 1340. The van der Waals surface area contributed by atoms with Gasteiger partial charge in [0, 0.05) is 18.9 Å². The van der Waals surface area contributed by atoms with Crippen LogP contribution in [0.15, 0.2) is 58.4 Å². The molecule has 1 amide bonds.